The topological polar surface area (TPSA) is 74.6 Å². The number of nitrogens with one attached hydrogen (secondary N) is 1. The Kier molecular flexibility index (Phi) is 6.60. The standard InChI is InChI=1S/C23H23N3O4/c1-26-21(15-20(25-26)19-14-18(29-3)11-12-22(19)30-4)23(27)24-13-5-6-16-7-9-17(28-2)10-8-16/h7-12,14-15H,13H2,1-4H3,(H,24,27). The van der Waals surface area contributed by atoms with E-state index in [-0.39, 0.29) is 12.5 Å². The largest absolute Gasteiger partial charge is 0.497 e. The van der Waals surface area contributed by atoms with Crippen molar-refractivity contribution < 1.29 is 19.0 Å². The molecule has 2 aromatic carbocycles. The summed E-state index contributed by atoms with van der Waals surface area (Å²) in [6.45, 7) is 0.216. The van der Waals surface area contributed by atoms with Crippen molar-refractivity contribution in [3.63, 3.8) is 0 Å². The first-order valence-electron chi connectivity index (χ1n) is 9.23. The minimum absolute atomic E-state index is 0.216. The normalized spacial score (nSPS) is 10.0. The predicted octanol–water partition coefficient (Wildman–Crippen LogP) is 2.89. The Bertz CT molecular complexity index is 1090. The maximum atomic E-state index is 12.6. The van der Waals surface area contributed by atoms with Crippen LogP contribution in [0.2, 0.25) is 0 Å². The van der Waals surface area contributed by atoms with Crippen LogP contribution in [0, 0.1) is 11.8 Å². The van der Waals surface area contributed by atoms with Gasteiger partial charge >= 0.3 is 0 Å². The smallest absolute Gasteiger partial charge is 0.270 e. The molecule has 1 amide bonds. The highest BCUT2D eigenvalue weighted by Crippen LogP contribution is 2.32. The quantitative estimate of drug-likeness (QED) is 0.639. The molecule has 1 aromatic heterocycles. The van der Waals surface area contributed by atoms with Crippen LogP contribution in [-0.4, -0.2) is 43.6 Å². The number of aryl methyl sites for hydroxylation is 1. The van der Waals surface area contributed by atoms with Gasteiger partial charge in [-0.1, -0.05) is 11.8 Å². The third-order valence-corrected chi connectivity index (χ3v) is 4.46. The van der Waals surface area contributed by atoms with Gasteiger partial charge in [0.15, 0.2) is 0 Å². The lowest BCUT2D eigenvalue weighted by Gasteiger charge is -2.08. The molecule has 3 aromatic rings. The van der Waals surface area contributed by atoms with E-state index in [1.807, 2.05) is 30.3 Å². The fourth-order valence-electron chi connectivity index (χ4n) is 2.86. The van der Waals surface area contributed by atoms with Crippen molar-refractivity contribution in [3.05, 3.63) is 59.8 Å². The maximum absolute atomic E-state index is 12.6. The molecule has 30 heavy (non-hydrogen) atoms. The SMILES string of the molecule is COc1ccc(C#CCNC(=O)c2cc(-c3cc(OC)ccc3OC)nn2C)cc1. The highest BCUT2D eigenvalue weighted by atomic mass is 16.5. The van der Waals surface area contributed by atoms with E-state index >= 15 is 0 Å². The van der Waals surface area contributed by atoms with Gasteiger partial charge in [-0.05, 0) is 48.5 Å². The lowest BCUT2D eigenvalue weighted by atomic mass is 10.1. The molecule has 0 fully saturated rings. The van der Waals surface area contributed by atoms with Gasteiger partial charge in [0.25, 0.3) is 5.91 Å². The first kappa shape index (κ1) is 20.8. The number of methoxy groups -OCH3 is 3. The average molecular weight is 405 g/mol. The molecule has 0 aliphatic heterocycles. The number of ether oxygens (including phenoxy) is 3. The summed E-state index contributed by atoms with van der Waals surface area (Å²) in [7, 11) is 6.51. The van der Waals surface area contributed by atoms with Crippen LogP contribution in [0.25, 0.3) is 11.3 Å². The van der Waals surface area contributed by atoms with Crippen LogP contribution in [-0.2, 0) is 7.05 Å². The van der Waals surface area contributed by atoms with E-state index in [9.17, 15) is 4.79 Å². The molecule has 0 aliphatic rings. The number of benzene rings is 2. The van der Waals surface area contributed by atoms with Crippen LogP contribution in [0.3, 0.4) is 0 Å². The molecule has 1 heterocycles. The molecule has 7 heteroatoms. The first-order chi connectivity index (χ1) is 14.5. The summed E-state index contributed by atoms with van der Waals surface area (Å²) < 4.78 is 17.3. The van der Waals surface area contributed by atoms with Crippen molar-refractivity contribution in [1.82, 2.24) is 15.1 Å². The van der Waals surface area contributed by atoms with Gasteiger partial charge in [0.2, 0.25) is 0 Å². The summed E-state index contributed by atoms with van der Waals surface area (Å²) in [5.41, 5.74) is 2.62. The van der Waals surface area contributed by atoms with Crippen LogP contribution in [0.4, 0.5) is 0 Å². The van der Waals surface area contributed by atoms with E-state index in [1.54, 1.807) is 46.6 Å². The lowest BCUT2D eigenvalue weighted by Crippen LogP contribution is -2.25. The van der Waals surface area contributed by atoms with Crippen molar-refractivity contribution in [1.29, 1.82) is 0 Å². The number of hydrogen-bond acceptors (Lipinski definition) is 5. The van der Waals surface area contributed by atoms with Gasteiger partial charge in [-0.25, -0.2) is 0 Å². The number of rotatable bonds is 6. The van der Waals surface area contributed by atoms with Crippen LogP contribution < -0.4 is 19.5 Å². The Morgan fingerprint density at radius 1 is 1.00 bits per heavy atom. The lowest BCUT2D eigenvalue weighted by molar-refractivity contribution is 0.0949. The van der Waals surface area contributed by atoms with Crippen LogP contribution in [0.15, 0.2) is 48.5 Å². The summed E-state index contributed by atoms with van der Waals surface area (Å²) in [6, 6.07) is 14.6. The van der Waals surface area contributed by atoms with E-state index in [0.29, 0.717) is 22.9 Å². The Hall–Kier alpha value is -3.92. The first-order valence-corrected chi connectivity index (χ1v) is 9.23. The molecule has 0 atom stereocenters. The summed E-state index contributed by atoms with van der Waals surface area (Å²) >= 11 is 0. The second-order valence-corrected chi connectivity index (χ2v) is 6.32. The molecule has 154 valence electrons. The minimum atomic E-state index is -0.262. The van der Waals surface area contributed by atoms with Gasteiger partial charge < -0.3 is 19.5 Å². The van der Waals surface area contributed by atoms with Gasteiger partial charge in [0.1, 0.15) is 22.9 Å². The molecule has 0 radical (unpaired) electrons. The number of carbonyl (C=O) groups excluding carboxylic acids is 1. The zero-order valence-corrected chi connectivity index (χ0v) is 17.4. The minimum Gasteiger partial charge on any atom is -0.497 e. The van der Waals surface area contributed by atoms with Gasteiger partial charge in [-0.2, -0.15) is 5.10 Å². The molecule has 1 N–H and O–H groups in total. The second kappa shape index (κ2) is 9.52. The molecule has 7 nitrogen and oxygen atoms in total. The molecule has 0 unspecified atom stereocenters. The van der Waals surface area contributed by atoms with Crippen molar-refractivity contribution in [2.45, 2.75) is 0 Å². The van der Waals surface area contributed by atoms with Crippen LogP contribution in [0.1, 0.15) is 16.1 Å². The number of amides is 1. The molecule has 0 bridgehead atoms. The zero-order chi connectivity index (χ0) is 21.5. The van der Waals surface area contributed by atoms with E-state index in [2.05, 4.69) is 22.3 Å². The summed E-state index contributed by atoms with van der Waals surface area (Å²) in [5.74, 6) is 7.78. The summed E-state index contributed by atoms with van der Waals surface area (Å²) in [6.07, 6.45) is 0. The second-order valence-electron chi connectivity index (χ2n) is 6.32. The van der Waals surface area contributed by atoms with E-state index < -0.39 is 0 Å². The van der Waals surface area contributed by atoms with Crippen molar-refractivity contribution in [2.24, 2.45) is 7.05 Å². The highest BCUT2D eigenvalue weighted by molar-refractivity contribution is 5.94. The third kappa shape index (κ3) is 4.73. The van der Waals surface area contributed by atoms with E-state index in [0.717, 1.165) is 16.9 Å². The molecule has 0 spiro atoms. The maximum Gasteiger partial charge on any atom is 0.270 e. The summed E-state index contributed by atoms with van der Waals surface area (Å²) in [5, 5.41) is 7.25. The monoisotopic (exact) mass is 405 g/mol. The van der Waals surface area contributed by atoms with E-state index in [4.69, 9.17) is 14.2 Å². The number of hydrogen-bond donors (Lipinski definition) is 1. The van der Waals surface area contributed by atoms with Crippen molar-refractivity contribution in [2.75, 3.05) is 27.9 Å². The molecule has 3 rings (SSSR count). The van der Waals surface area contributed by atoms with Gasteiger partial charge in [-0.15, -0.1) is 0 Å². The fraction of sp³-hybridized carbons (Fsp3) is 0.217. The van der Waals surface area contributed by atoms with E-state index in [1.165, 1.54) is 4.68 Å². The summed E-state index contributed by atoms with van der Waals surface area (Å²) in [4.78, 5) is 12.6. The van der Waals surface area contributed by atoms with Gasteiger partial charge in [0.05, 0.1) is 33.6 Å². The van der Waals surface area contributed by atoms with Gasteiger partial charge in [-0.3, -0.25) is 9.48 Å². The Balaban J connectivity index is 1.71. The molecular formula is C23H23N3O4. The number of nitrogens with zero attached hydrogens (tertiary/aromatic N) is 2. The molecular weight excluding hydrogens is 382 g/mol. The fourth-order valence-corrected chi connectivity index (χ4v) is 2.86. The zero-order valence-electron chi connectivity index (χ0n) is 17.4. The number of aromatic nitrogens is 2. The van der Waals surface area contributed by atoms with Crippen LogP contribution >= 0.6 is 0 Å². The third-order valence-electron chi connectivity index (χ3n) is 4.46. The molecule has 0 saturated heterocycles. The predicted molar refractivity (Wildman–Crippen MR) is 114 cm³/mol. The Morgan fingerprint density at radius 3 is 2.37 bits per heavy atom. The van der Waals surface area contributed by atoms with Crippen molar-refractivity contribution in [3.8, 4) is 40.3 Å². The van der Waals surface area contributed by atoms with Gasteiger partial charge in [0, 0.05) is 18.2 Å². The highest BCUT2D eigenvalue weighted by Gasteiger charge is 2.17. The molecule has 0 saturated carbocycles. The Morgan fingerprint density at radius 2 is 1.70 bits per heavy atom. The Labute approximate surface area is 175 Å². The van der Waals surface area contributed by atoms with Crippen LogP contribution in [0.5, 0.6) is 17.2 Å². The average Bonchev–Trinajstić information content (AvgIpc) is 3.18. The van der Waals surface area contributed by atoms with Crippen molar-refractivity contribution >= 4 is 5.91 Å². The molecule has 0 aliphatic carbocycles. The number of carbonyl (C=O) groups is 1.